The summed E-state index contributed by atoms with van der Waals surface area (Å²) in [5.41, 5.74) is 9.35. The number of rotatable bonds is 3. The number of benzene rings is 1. The van der Waals surface area contributed by atoms with Crippen molar-refractivity contribution in [3.8, 4) is 0 Å². The highest BCUT2D eigenvalue weighted by molar-refractivity contribution is 5.82. The van der Waals surface area contributed by atoms with E-state index in [4.69, 9.17) is 15.1 Å². The molecule has 1 aromatic rings. The molecule has 0 fully saturated rings. The molecule has 1 aliphatic rings. The molecule has 0 saturated carbocycles. The van der Waals surface area contributed by atoms with E-state index < -0.39 is 6.04 Å². The van der Waals surface area contributed by atoms with Crippen molar-refractivity contribution in [1.29, 1.82) is 0 Å². The van der Waals surface area contributed by atoms with Crippen LogP contribution < -0.4 is 0 Å². The van der Waals surface area contributed by atoms with Crippen LogP contribution in [0.25, 0.3) is 10.4 Å². The topological polar surface area (TPSA) is 79.6 Å². The third-order valence-electron chi connectivity index (χ3n) is 2.09. The highest BCUT2D eigenvalue weighted by atomic mass is 16.7. The van der Waals surface area contributed by atoms with Crippen molar-refractivity contribution in [3.63, 3.8) is 0 Å². The van der Waals surface area contributed by atoms with E-state index in [2.05, 4.69) is 15.2 Å². The van der Waals surface area contributed by atoms with E-state index >= 15 is 0 Å². The summed E-state index contributed by atoms with van der Waals surface area (Å²) in [5, 5.41) is 7.20. The number of oxime groups is 1. The molecule has 2 rings (SSSR count). The Kier molecular flexibility index (Phi) is 3.25. The van der Waals surface area contributed by atoms with Crippen LogP contribution in [-0.2, 0) is 16.2 Å². The second kappa shape index (κ2) is 5.04. The van der Waals surface area contributed by atoms with E-state index in [9.17, 15) is 0 Å². The van der Waals surface area contributed by atoms with Crippen LogP contribution >= 0.6 is 0 Å². The first-order valence-corrected chi connectivity index (χ1v) is 4.81. The lowest BCUT2D eigenvalue weighted by atomic mass is 10.2. The summed E-state index contributed by atoms with van der Waals surface area (Å²) in [5.74, 6) is 0.335. The Balaban J connectivity index is 1.93. The quantitative estimate of drug-likeness (QED) is 0.443. The van der Waals surface area contributed by atoms with Crippen molar-refractivity contribution >= 4 is 5.90 Å². The minimum atomic E-state index is -0.450. The van der Waals surface area contributed by atoms with Gasteiger partial charge in [-0.2, -0.15) is 0 Å². The van der Waals surface area contributed by atoms with Gasteiger partial charge in [-0.1, -0.05) is 40.6 Å². The van der Waals surface area contributed by atoms with Crippen LogP contribution in [-0.4, -0.2) is 18.5 Å². The molecule has 1 aliphatic heterocycles. The van der Waals surface area contributed by atoms with Crippen molar-refractivity contribution in [1.82, 2.24) is 0 Å². The minimum absolute atomic E-state index is 0.244. The zero-order chi connectivity index (χ0) is 11.2. The van der Waals surface area contributed by atoms with Gasteiger partial charge in [-0.3, -0.25) is 0 Å². The van der Waals surface area contributed by atoms with Crippen LogP contribution in [0, 0.1) is 0 Å². The molecule has 6 heteroatoms. The van der Waals surface area contributed by atoms with Gasteiger partial charge < -0.3 is 9.57 Å². The zero-order valence-corrected chi connectivity index (χ0v) is 8.48. The van der Waals surface area contributed by atoms with Gasteiger partial charge in [0, 0.05) is 4.91 Å². The molecular weight excluding hydrogens is 208 g/mol. The number of azide groups is 1. The van der Waals surface area contributed by atoms with Crippen molar-refractivity contribution in [2.75, 3.05) is 6.61 Å². The van der Waals surface area contributed by atoms with Crippen molar-refractivity contribution in [2.45, 2.75) is 12.6 Å². The molecule has 0 radical (unpaired) electrons. The third kappa shape index (κ3) is 2.43. The van der Waals surface area contributed by atoms with Crippen molar-refractivity contribution in [3.05, 3.63) is 46.3 Å². The highest BCUT2D eigenvalue weighted by Gasteiger charge is 2.23. The summed E-state index contributed by atoms with van der Waals surface area (Å²) in [6, 6.07) is 9.22. The zero-order valence-electron chi connectivity index (χ0n) is 8.48. The second-order valence-corrected chi connectivity index (χ2v) is 3.22. The van der Waals surface area contributed by atoms with Crippen LogP contribution in [0.5, 0.6) is 0 Å². The molecule has 0 spiro atoms. The van der Waals surface area contributed by atoms with Gasteiger partial charge in [0.1, 0.15) is 13.2 Å². The predicted molar refractivity (Wildman–Crippen MR) is 57.6 cm³/mol. The fourth-order valence-electron chi connectivity index (χ4n) is 1.30. The van der Waals surface area contributed by atoms with Gasteiger partial charge in [-0.15, -0.1) is 0 Å². The first-order chi connectivity index (χ1) is 7.90. The third-order valence-corrected chi connectivity index (χ3v) is 2.09. The largest absolute Gasteiger partial charge is 0.473 e. The lowest BCUT2D eigenvalue weighted by Crippen LogP contribution is -2.19. The molecule has 0 aromatic heterocycles. The van der Waals surface area contributed by atoms with Crippen LogP contribution in [0.2, 0.25) is 0 Å². The SMILES string of the molecule is [N-]=[N+]=N[C@@H]1CON=C1OCc1ccccc1. The Bertz CT molecular complexity index is 426. The molecule has 0 saturated heterocycles. The summed E-state index contributed by atoms with van der Waals surface area (Å²) < 4.78 is 5.41. The van der Waals surface area contributed by atoms with E-state index in [0.29, 0.717) is 12.5 Å². The van der Waals surface area contributed by atoms with Gasteiger partial charge in [-0.05, 0) is 11.1 Å². The van der Waals surface area contributed by atoms with E-state index in [-0.39, 0.29) is 6.61 Å². The molecule has 1 aromatic carbocycles. The van der Waals surface area contributed by atoms with Crippen LogP contribution in [0.4, 0.5) is 0 Å². The predicted octanol–water partition coefficient (Wildman–Crippen LogP) is 2.23. The fraction of sp³-hybridized carbons (Fsp3) is 0.300. The molecule has 0 aliphatic carbocycles. The van der Waals surface area contributed by atoms with Gasteiger partial charge >= 0.3 is 0 Å². The molecule has 0 amide bonds. The highest BCUT2D eigenvalue weighted by Crippen LogP contribution is 2.10. The molecule has 1 heterocycles. The van der Waals surface area contributed by atoms with Gasteiger partial charge in [0.25, 0.3) is 0 Å². The summed E-state index contributed by atoms with van der Waals surface area (Å²) in [4.78, 5) is 7.52. The maximum absolute atomic E-state index is 8.32. The molecule has 0 unspecified atom stereocenters. The van der Waals surface area contributed by atoms with E-state index in [1.54, 1.807) is 0 Å². The standard InChI is InChI=1S/C10H10N4O2/c11-14-12-9-7-16-13-10(9)15-6-8-4-2-1-3-5-8/h1-5,9H,6-7H2/t9-/m1/s1. The first kappa shape index (κ1) is 10.3. The minimum Gasteiger partial charge on any atom is -0.473 e. The lowest BCUT2D eigenvalue weighted by molar-refractivity contribution is 0.165. The summed E-state index contributed by atoms with van der Waals surface area (Å²) >= 11 is 0. The van der Waals surface area contributed by atoms with Gasteiger partial charge in [0.2, 0.25) is 5.90 Å². The van der Waals surface area contributed by atoms with Crippen LogP contribution in [0.3, 0.4) is 0 Å². The van der Waals surface area contributed by atoms with Crippen molar-refractivity contribution < 1.29 is 9.57 Å². The Morgan fingerprint density at radius 1 is 1.50 bits per heavy atom. The Labute approximate surface area is 92.1 Å². The summed E-state index contributed by atoms with van der Waals surface area (Å²) in [6.07, 6.45) is 0. The number of hydrogen-bond donors (Lipinski definition) is 0. The second-order valence-electron chi connectivity index (χ2n) is 3.22. The summed E-state index contributed by atoms with van der Waals surface area (Å²) in [7, 11) is 0. The summed E-state index contributed by atoms with van der Waals surface area (Å²) in [6.45, 7) is 0.634. The molecular formula is C10H10N4O2. The normalized spacial score (nSPS) is 18.2. The van der Waals surface area contributed by atoms with Gasteiger partial charge in [-0.25, -0.2) is 0 Å². The fourth-order valence-corrected chi connectivity index (χ4v) is 1.30. The van der Waals surface area contributed by atoms with Crippen molar-refractivity contribution in [2.24, 2.45) is 10.3 Å². The van der Waals surface area contributed by atoms with E-state index in [1.165, 1.54) is 0 Å². The average molecular weight is 218 g/mol. The average Bonchev–Trinajstić information content (AvgIpc) is 2.76. The molecule has 16 heavy (non-hydrogen) atoms. The Morgan fingerprint density at radius 2 is 2.31 bits per heavy atom. The number of nitrogens with zero attached hydrogens (tertiary/aromatic N) is 4. The Hall–Kier alpha value is -2.20. The van der Waals surface area contributed by atoms with Crippen LogP contribution in [0.15, 0.2) is 40.6 Å². The van der Waals surface area contributed by atoms with E-state index in [0.717, 1.165) is 5.56 Å². The molecule has 0 bridgehead atoms. The van der Waals surface area contributed by atoms with Gasteiger partial charge in [0.15, 0.2) is 6.04 Å². The smallest absolute Gasteiger partial charge is 0.238 e. The lowest BCUT2D eigenvalue weighted by Gasteiger charge is -2.06. The molecule has 1 atom stereocenters. The first-order valence-electron chi connectivity index (χ1n) is 4.81. The van der Waals surface area contributed by atoms with Crippen LogP contribution in [0.1, 0.15) is 5.56 Å². The maximum Gasteiger partial charge on any atom is 0.238 e. The molecule has 6 nitrogen and oxygen atoms in total. The monoisotopic (exact) mass is 218 g/mol. The van der Waals surface area contributed by atoms with Gasteiger partial charge in [0.05, 0.1) is 0 Å². The maximum atomic E-state index is 8.32. The molecule has 82 valence electrons. The number of ether oxygens (including phenoxy) is 1. The van der Waals surface area contributed by atoms with E-state index in [1.807, 2.05) is 30.3 Å². The number of hydrogen-bond acceptors (Lipinski definition) is 4. The molecule has 0 N–H and O–H groups in total. The Morgan fingerprint density at radius 3 is 3.06 bits per heavy atom.